The molecule has 4 rings (SSSR count). The van der Waals surface area contributed by atoms with Crippen LogP contribution in [0.15, 0.2) is 77.7 Å². The van der Waals surface area contributed by atoms with Gasteiger partial charge in [-0.05, 0) is 35.6 Å². The first-order valence-electron chi connectivity index (χ1n) is 8.65. The molecule has 0 saturated carbocycles. The number of thioether (sulfide) groups is 1. The van der Waals surface area contributed by atoms with E-state index in [1.54, 1.807) is 6.26 Å². The fourth-order valence-electron chi connectivity index (χ4n) is 3.28. The summed E-state index contributed by atoms with van der Waals surface area (Å²) < 4.78 is 13.7. The maximum atomic E-state index is 13.7. The van der Waals surface area contributed by atoms with E-state index in [0.717, 1.165) is 16.7 Å². The SMILES string of the molecule is CSc1c(-c2ccc(-c3ccccc3)cc2)nc2ccc(F)cc2c1C(=O)O. The van der Waals surface area contributed by atoms with Crippen LogP contribution in [0.4, 0.5) is 4.39 Å². The summed E-state index contributed by atoms with van der Waals surface area (Å²) in [4.78, 5) is 17.1. The van der Waals surface area contributed by atoms with Crippen molar-refractivity contribution in [3.8, 4) is 22.4 Å². The molecule has 0 aliphatic rings. The Morgan fingerprint density at radius 1 is 0.929 bits per heavy atom. The highest BCUT2D eigenvalue weighted by molar-refractivity contribution is 7.98. The zero-order valence-electron chi connectivity index (χ0n) is 15.0. The molecule has 1 aromatic heterocycles. The van der Waals surface area contributed by atoms with Gasteiger partial charge in [0, 0.05) is 15.8 Å². The van der Waals surface area contributed by atoms with Crippen molar-refractivity contribution in [1.82, 2.24) is 4.98 Å². The molecule has 0 spiro atoms. The Hall–Kier alpha value is -3.18. The second-order valence-electron chi connectivity index (χ2n) is 6.28. The molecule has 138 valence electrons. The molecule has 0 saturated heterocycles. The lowest BCUT2D eigenvalue weighted by Crippen LogP contribution is -2.04. The predicted octanol–water partition coefficient (Wildman–Crippen LogP) is 6.13. The second kappa shape index (κ2) is 7.44. The molecule has 3 aromatic carbocycles. The topological polar surface area (TPSA) is 50.2 Å². The van der Waals surface area contributed by atoms with Crippen LogP contribution in [0.2, 0.25) is 0 Å². The highest BCUT2D eigenvalue weighted by Crippen LogP contribution is 2.37. The van der Waals surface area contributed by atoms with Crippen LogP contribution < -0.4 is 0 Å². The van der Waals surface area contributed by atoms with E-state index in [2.05, 4.69) is 4.98 Å². The van der Waals surface area contributed by atoms with E-state index in [4.69, 9.17) is 0 Å². The lowest BCUT2D eigenvalue weighted by molar-refractivity contribution is 0.0695. The number of benzene rings is 3. The molecule has 1 heterocycles. The van der Waals surface area contributed by atoms with Gasteiger partial charge in [0.15, 0.2) is 0 Å². The van der Waals surface area contributed by atoms with Gasteiger partial charge in [0.2, 0.25) is 0 Å². The predicted molar refractivity (Wildman–Crippen MR) is 111 cm³/mol. The first-order chi connectivity index (χ1) is 13.6. The number of pyridine rings is 1. The van der Waals surface area contributed by atoms with E-state index >= 15 is 0 Å². The molecule has 1 N–H and O–H groups in total. The molecule has 0 bridgehead atoms. The number of fused-ring (bicyclic) bond motifs is 1. The Balaban J connectivity index is 1.91. The summed E-state index contributed by atoms with van der Waals surface area (Å²) in [5, 5.41) is 10.1. The van der Waals surface area contributed by atoms with E-state index in [0.29, 0.717) is 21.5 Å². The van der Waals surface area contributed by atoms with Gasteiger partial charge in [0.1, 0.15) is 5.82 Å². The molecule has 0 unspecified atom stereocenters. The summed E-state index contributed by atoms with van der Waals surface area (Å²) in [6, 6.07) is 21.9. The second-order valence-corrected chi connectivity index (χ2v) is 7.10. The monoisotopic (exact) mass is 389 g/mol. The molecule has 0 aliphatic carbocycles. The maximum absolute atomic E-state index is 13.7. The van der Waals surface area contributed by atoms with Gasteiger partial charge < -0.3 is 5.11 Å². The Bertz CT molecular complexity index is 1170. The van der Waals surface area contributed by atoms with Crippen LogP contribution in [0.3, 0.4) is 0 Å². The van der Waals surface area contributed by atoms with Crippen molar-refractivity contribution in [1.29, 1.82) is 0 Å². The van der Waals surface area contributed by atoms with Crippen molar-refractivity contribution >= 4 is 28.6 Å². The Labute approximate surface area is 165 Å². The molecular weight excluding hydrogens is 373 g/mol. The number of aromatic carboxylic acids is 1. The van der Waals surface area contributed by atoms with Crippen molar-refractivity contribution < 1.29 is 14.3 Å². The number of rotatable bonds is 4. The van der Waals surface area contributed by atoms with Crippen LogP contribution in [0.5, 0.6) is 0 Å². The third-order valence-corrected chi connectivity index (χ3v) is 5.39. The van der Waals surface area contributed by atoms with Gasteiger partial charge in [-0.15, -0.1) is 11.8 Å². The van der Waals surface area contributed by atoms with E-state index in [1.165, 1.54) is 30.0 Å². The van der Waals surface area contributed by atoms with E-state index in [9.17, 15) is 14.3 Å². The zero-order chi connectivity index (χ0) is 19.7. The highest BCUT2D eigenvalue weighted by Gasteiger charge is 2.21. The van der Waals surface area contributed by atoms with Gasteiger partial charge in [0.25, 0.3) is 0 Å². The van der Waals surface area contributed by atoms with Gasteiger partial charge in [-0.2, -0.15) is 0 Å². The molecule has 3 nitrogen and oxygen atoms in total. The summed E-state index contributed by atoms with van der Waals surface area (Å²) in [6.07, 6.45) is 1.80. The van der Waals surface area contributed by atoms with Crippen LogP contribution in [-0.2, 0) is 0 Å². The highest BCUT2D eigenvalue weighted by atomic mass is 32.2. The van der Waals surface area contributed by atoms with E-state index in [-0.39, 0.29) is 5.56 Å². The molecule has 0 amide bonds. The first-order valence-corrected chi connectivity index (χ1v) is 9.87. The maximum Gasteiger partial charge on any atom is 0.337 e. The molecule has 4 aromatic rings. The molecule has 0 fully saturated rings. The quantitative estimate of drug-likeness (QED) is 0.427. The summed E-state index contributed by atoms with van der Waals surface area (Å²) in [6.45, 7) is 0. The third-order valence-electron chi connectivity index (χ3n) is 4.59. The Kier molecular flexibility index (Phi) is 4.84. The van der Waals surface area contributed by atoms with Crippen LogP contribution in [0.25, 0.3) is 33.3 Å². The lowest BCUT2D eigenvalue weighted by atomic mass is 10.0. The van der Waals surface area contributed by atoms with E-state index < -0.39 is 11.8 Å². The summed E-state index contributed by atoms with van der Waals surface area (Å²) >= 11 is 1.30. The molecule has 0 radical (unpaired) electrons. The fourth-order valence-corrected chi connectivity index (χ4v) is 4.03. The van der Waals surface area contributed by atoms with Crippen molar-refractivity contribution in [3.05, 3.63) is 84.2 Å². The van der Waals surface area contributed by atoms with Gasteiger partial charge in [-0.3, -0.25) is 0 Å². The molecule has 28 heavy (non-hydrogen) atoms. The van der Waals surface area contributed by atoms with Crippen molar-refractivity contribution in [2.45, 2.75) is 4.90 Å². The number of halogens is 1. The standard InChI is InChI=1S/C23H16FNO2S/c1-28-22-20(23(26)27)18-13-17(24)11-12-19(18)25-21(22)16-9-7-15(8-10-16)14-5-3-2-4-6-14/h2-13H,1H3,(H,26,27). The zero-order valence-corrected chi connectivity index (χ0v) is 15.8. The number of carboxylic acids is 1. The molecular formula is C23H16FNO2S. The average molecular weight is 389 g/mol. The first kappa shape index (κ1) is 18.2. The lowest BCUT2D eigenvalue weighted by Gasteiger charge is -2.14. The van der Waals surface area contributed by atoms with Crippen LogP contribution in [0.1, 0.15) is 10.4 Å². The van der Waals surface area contributed by atoms with Crippen molar-refractivity contribution in [3.63, 3.8) is 0 Å². The summed E-state index contributed by atoms with van der Waals surface area (Å²) in [7, 11) is 0. The largest absolute Gasteiger partial charge is 0.478 e. The minimum atomic E-state index is -1.09. The van der Waals surface area contributed by atoms with Gasteiger partial charge in [-0.25, -0.2) is 14.2 Å². The number of nitrogens with zero attached hydrogens (tertiary/aromatic N) is 1. The van der Waals surface area contributed by atoms with Gasteiger partial charge in [0.05, 0.1) is 16.8 Å². The number of hydrogen-bond donors (Lipinski definition) is 1. The normalized spacial score (nSPS) is 10.9. The summed E-state index contributed by atoms with van der Waals surface area (Å²) in [5.41, 5.74) is 4.11. The average Bonchev–Trinajstić information content (AvgIpc) is 2.73. The molecule has 5 heteroatoms. The third kappa shape index (κ3) is 3.25. The molecule has 0 atom stereocenters. The fraction of sp³-hybridized carbons (Fsp3) is 0.0435. The van der Waals surface area contributed by atoms with E-state index in [1.807, 2.05) is 54.6 Å². The number of carbonyl (C=O) groups is 1. The number of hydrogen-bond acceptors (Lipinski definition) is 3. The Morgan fingerprint density at radius 2 is 1.57 bits per heavy atom. The minimum absolute atomic E-state index is 0.0825. The number of aromatic nitrogens is 1. The van der Waals surface area contributed by atoms with Crippen LogP contribution >= 0.6 is 11.8 Å². The van der Waals surface area contributed by atoms with Crippen molar-refractivity contribution in [2.24, 2.45) is 0 Å². The Morgan fingerprint density at radius 3 is 2.21 bits per heavy atom. The van der Waals surface area contributed by atoms with Gasteiger partial charge >= 0.3 is 5.97 Å². The minimum Gasteiger partial charge on any atom is -0.478 e. The molecule has 0 aliphatic heterocycles. The van der Waals surface area contributed by atoms with Crippen molar-refractivity contribution in [2.75, 3.05) is 6.26 Å². The van der Waals surface area contributed by atoms with Gasteiger partial charge in [-0.1, -0.05) is 54.6 Å². The van der Waals surface area contributed by atoms with Crippen LogP contribution in [0, 0.1) is 5.82 Å². The summed E-state index contributed by atoms with van der Waals surface area (Å²) in [5.74, 6) is -1.58. The number of carboxylic acid groups (broad SMARTS) is 1. The smallest absolute Gasteiger partial charge is 0.337 e. The van der Waals surface area contributed by atoms with Crippen LogP contribution in [-0.4, -0.2) is 22.3 Å².